The molecule has 1 amide bonds. The van der Waals surface area contributed by atoms with Gasteiger partial charge < -0.3 is 14.8 Å². The zero-order valence-electron chi connectivity index (χ0n) is 11.1. The minimum atomic E-state index is -0.569. The second-order valence-electron chi connectivity index (χ2n) is 4.74. The third-order valence-corrected chi connectivity index (χ3v) is 1.77. The highest BCUT2D eigenvalue weighted by atomic mass is 16.6. The van der Waals surface area contributed by atoms with Crippen molar-refractivity contribution in [2.75, 3.05) is 0 Å². The van der Waals surface area contributed by atoms with Gasteiger partial charge in [-0.25, -0.2) is 4.79 Å². The van der Waals surface area contributed by atoms with Crippen molar-refractivity contribution in [3.05, 3.63) is 12.7 Å². The summed E-state index contributed by atoms with van der Waals surface area (Å²) in [6, 6.07) is -0.397. The Morgan fingerprint density at radius 3 is 2.24 bits per heavy atom. The van der Waals surface area contributed by atoms with Crippen LogP contribution < -0.4 is 5.32 Å². The van der Waals surface area contributed by atoms with Crippen LogP contribution >= 0.6 is 0 Å². The van der Waals surface area contributed by atoms with Gasteiger partial charge in [0.15, 0.2) is 0 Å². The Morgan fingerprint density at radius 2 is 1.88 bits per heavy atom. The molecule has 1 N–H and O–H groups in total. The maximum atomic E-state index is 11.5. The van der Waals surface area contributed by atoms with Crippen molar-refractivity contribution in [1.29, 1.82) is 0 Å². The van der Waals surface area contributed by atoms with Crippen molar-refractivity contribution in [2.45, 2.75) is 52.4 Å². The van der Waals surface area contributed by atoms with Gasteiger partial charge in [0.25, 0.3) is 0 Å². The highest BCUT2D eigenvalue weighted by Crippen LogP contribution is 2.08. The van der Waals surface area contributed by atoms with E-state index in [1.165, 1.54) is 13.0 Å². The van der Waals surface area contributed by atoms with Gasteiger partial charge in [-0.3, -0.25) is 4.79 Å². The lowest BCUT2D eigenvalue weighted by molar-refractivity contribution is -0.145. The number of nitrogens with one attached hydrogen (secondary N) is 1. The molecule has 5 nitrogen and oxygen atoms in total. The molecular formula is C12H21NO4. The van der Waals surface area contributed by atoms with Crippen molar-refractivity contribution in [1.82, 2.24) is 5.32 Å². The van der Waals surface area contributed by atoms with Crippen molar-refractivity contribution in [3.63, 3.8) is 0 Å². The molecule has 0 aromatic heterocycles. The molecule has 0 radical (unpaired) electrons. The van der Waals surface area contributed by atoms with E-state index >= 15 is 0 Å². The average Bonchev–Trinajstić information content (AvgIpc) is 2.10. The van der Waals surface area contributed by atoms with Crippen LogP contribution in [0.1, 0.15) is 34.6 Å². The van der Waals surface area contributed by atoms with Crippen molar-refractivity contribution >= 4 is 12.1 Å². The summed E-state index contributed by atoms with van der Waals surface area (Å²) in [6.45, 7) is 11.9. The summed E-state index contributed by atoms with van der Waals surface area (Å²) in [4.78, 5) is 22.3. The number of rotatable bonds is 4. The normalized spacial score (nSPS) is 14.4. The van der Waals surface area contributed by atoms with E-state index in [1.54, 1.807) is 27.7 Å². The van der Waals surface area contributed by atoms with E-state index < -0.39 is 29.8 Å². The van der Waals surface area contributed by atoms with Gasteiger partial charge in [0.1, 0.15) is 11.7 Å². The first-order chi connectivity index (χ1) is 7.65. The molecular weight excluding hydrogens is 222 g/mol. The molecule has 0 spiro atoms. The van der Waals surface area contributed by atoms with E-state index in [2.05, 4.69) is 11.9 Å². The number of hydrogen-bond donors (Lipinski definition) is 1. The standard InChI is InChI=1S/C12H21NO4/c1-7-10(16-9(3)14)8(2)13-11(15)17-12(4,5)6/h7-8,10H,1H2,2-6H3,(H,13,15). The summed E-state index contributed by atoms with van der Waals surface area (Å²) in [5, 5.41) is 2.58. The summed E-state index contributed by atoms with van der Waals surface area (Å²) < 4.78 is 10.0. The molecule has 0 heterocycles. The van der Waals surface area contributed by atoms with Gasteiger partial charge in [-0.2, -0.15) is 0 Å². The van der Waals surface area contributed by atoms with Gasteiger partial charge in [0, 0.05) is 6.92 Å². The molecule has 0 aliphatic carbocycles. The van der Waals surface area contributed by atoms with Gasteiger partial charge >= 0.3 is 12.1 Å². The van der Waals surface area contributed by atoms with Crippen LogP contribution in [0.2, 0.25) is 0 Å². The average molecular weight is 243 g/mol. The Balaban J connectivity index is 4.31. The maximum absolute atomic E-state index is 11.5. The van der Waals surface area contributed by atoms with E-state index in [0.29, 0.717) is 0 Å². The van der Waals surface area contributed by atoms with E-state index in [4.69, 9.17) is 9.47 Å². The molecule has 2 atom stereocenters. The SMILES string of the molecule is C=CC(OC(C)=O)C(C)NC(=O)OC(C)(C)C. The molecule has 5 heteroatoms. The Morgan fingerprint density at radius 1 is 1.35 bits per heavy atom. The van der Waals surface area contributed by atoms with Crippen LogP contribution in [0.15, 0.2) is 12.7 Å². The lowest BCUT2D eigenvalue weighted by Gasteiger charge is -2.24. The number of esters is 1. The summed E-state index contributed by atoms with van der Waals surface area (Å²) in [5.74, 6) is -0.423. The van der Waals surface area contributed by atoms with Gasteiger partial charge in [-0.05, 0) is 33.8 Å². The van der Waals surface area contributed by atoms with Gasteiger partial charge in [-0.1, -0.05) is 6.58 Å². The number of ether oxygens (including phenoxy) is 2. The number of alkyl carbamates (subject to hydrolysis) is 1. The molecule has 2 unspecified atom stereocenters. The van der Waals surface area contributed by atoms with Gasteiger partial charge in [0.2, 0.25) is 0 Å². The number of carbonyl (C=O) groups excluding carboxylic acids is 2. The summed E-state index contributed by atoms with van der Waals surface area (Å²) in [5.41, 5.74) is -0.561. The van der Waals surface area contributed by atoms with E-state index in [9.17, 15) is 9.59 Å². The Labute approximate surface area is 102 Å². The van der Waals surface area contributed by atoms with Crippen LogP contribution in [0, 0.1) is 0 Å². The highest BCUT2D eigenvalue weighted by Gasteiger charge is 2.22. The minimum Gasteiger partial charge on any atom is -0.456 e. The van der Waals surface area contributed by atoms with Crippen LogP contribution in [0.3, 0.4) is 0 Å². The molecule has 0 saturated carbocycles. The topological polar surface area (TPSA) is 64.6 Å². The molecule has 0 saturated heterocycles. The second-order valence-corrected chi connectivity index (χ2v) is 4.74. The van der Waals surface area contributed by atoms with Crippen molar-refractivity contribution < 1.29 is 19.1 Å². The first kappa shape index (κ1) is 15.5. The van der Waals surface area contributed by atoms with Gasteiger partial charge in [0.05, 0.1) is 6.04 Å². The van der Waals surface area contributed by atoms with E-state index in [-0.39, 0.29) is 0 Å². The van der Waals surface area contributed by atoms with E-state index in [1.807, 2.05) is 0 Å². The van der Waals surface area contributed by atoms with E-state index in [0.717, 1.165) is 0 Å². The predicted octanol–water partition coefficient (Wildman–Crippen LogP) is 2.02. The molecule has 17 heavy (non-hydrogen) atoms. The quantitative estimate of drug-likeness (QED) is 0.606. The Bertz CT molecular complexity index is 293. The lowest BCUT2D eigenvalue weighted by atomic mass is 10.2. The van der Waals surface area contributed by atoms with Crippen LogP contribution in [-0.4, -0.2) is 29.8 Å². The largest absolute Gasteiger partial charge is 0.456 e. The van der Waals surface area contributed by atoms with Crippen LogP contribution in [0.5, 0.6) is 0 Å². The van der Waals surface area contributed by atoms with Crippen LogP contribution in [-0.2, 0) is 14.3 Å². The summed E-state index contributed by atoms with van der Waals surface area (Å²) in [6.07, 6.45) is 0.340. The third kappa shape index (κ3) is 7.38. The number of carbonyl (C=O) groups is 2. The monoisotopic (exact) mass is 243 g/mol. The number of amides is 1. The second kappa shape index (κ2) is 6.27. The maximum Gasteiger partial charge on any atom is 0.408 e. The molecule has 0 aromatic rings. The molecule has 98 valence electrons. The Hall–Kier alpha value is -1.52. The van der Waals surface area contributed by atoms with Crippen molar-refractivity contribution in [3.8, 4) is 0 Å². The third-order valence-electron chi connectivity index (χ3n) is 1.77. The zero-order valence-corrected chi connectivity index (χ0v) is 11.1. The molecule has 0 aromatic carbocycles. The number of hydrogen-bond acceptors (Lipinski definition) is 4. The highest BCUT2D eigenvalue weighted by molar-refractivity contribution is 5.69. The first-order valence-corrected chi connectivity index (χ1v) is 5.45. The van der Waals surface area contributed by atoms with Crippen LogP contribution in [0.4, 0.5) is 4.79 Å². The zero-order chi connectivity index (χ0) is 13.6. The molecule has 0 aliphatic heterocycles. The summed E-state index contributed by atoms with van der Waals surface area (Å²) >= 11 is 0. The van der Waals surface area contributed by atoms with Crippen LogP contribution in [0.25, 0.3) is 0 Å². The first-order valence-electron chi connectivity index (χ1n) is 5.45. The fourth-order valence-electron chi connectivity index (χ4n) is 1.12. The summed E-state index contributed by atoms with van der Waals surface area (Å²) in [7, 11) is 0. The van der Waals surface area contributed by atoms with Gasteiger partial charge in [-0.15, -0.1) is 0 Å². The molecule has 0 aliphatic rings. The smallest absolute Gasteiger partial charge is 0.408 e. The fourth-order valence-corrected chi connectivity index (χ4v) is 1.12. The molecule has 0 bridgehead atoms. The predicted molar refractivity (Wildman–Crippen MR) is 64.6 cm³/mol. The molecule has 0 rings (SSSR count). The fraction of sp³-hybridized carbons (Fsp3) is 0.667. The van der Waals surface area contributed by atoms with Crippen molar-refractivity contribution in [2.24, 2.45) is 0 Å². The molecule has 0 fully saturated rings. The minimum absolute atomic E-state index is 0.397. The Kier molecular flexibility index (Phi) is 5.71. The lowest BCUT2D eigenvalue weighted by Crippen LogP contribution is -2.44.